The van der Waals surface area contributed by atoms with Gasteiger partial charge in [-0.15, -0.1) is 0 Å². The lowest BCUT2D eigenvalue weighted by Crippen LogP contribution is -2.19. The summed E-state index contributed by atoms with van der Waals surface area (Å²) in [5, 5.41) is 25.9. The SMILES string of the molecule is O=[N+]([O-])c1ccc2[nH]c(O)c(C(=Nc3cccc(C4=NCCN4)c3)c3ccccc3)c2c1. The Bertz CT molecular complexity index is 1390. The summed E-state index contributed by atoms with van der Waals surface area (Å²) in [6.45, 7) is 1.54. The van der Waals surface area contributed by atoms with Gasteiger partial charge in [-0.05, 0) is 18.2 Å². The van der Waals surface area contributed by atoms with Crippen molar-refractivity contribution in [1.82, 2.24) is 10.3 Å². The topological polar surface area (TPSA) is 116 Å². The molecule has 3 aromatic carbocycles. The van der Waals surface area contributed by atoms with Gasteiger partial charge in [0.25, 0.3) is 5.69 Å². The van der Waals surface area contributed by atoms with E-state index in [0.717, 1.165) is 30.1 Å². The molecule has 4 aromatic rings. The summed E-state index contributed by atoms with van der Waals surface area (Å²) in [6, 6.07) is 21.5. The molecule has 0 saturated heterocycles. The molecule has 0 bridgehead atoms. The van der Waals surface area contributed by atoms with Crippen LogP contribution in [0.1, 0.15) is 16.7 Å². The van der Waals surface area contributed by atoms with Crippen LogP contribution in [0.15, 0.2) is 82.8 Å². The van der Waals surface area contributed by atoms with Crippen molar-refractivity contribution in [3.63, 3.8) is 0 Å². The van der Waals surface area contributed by atoms with Gasteiger partial charge in [-0.1, -0.05) is 42.5 Å². The Balaban J connectivity index is 1.72. The Hall–Kier alpha value is -4.46. The third-order valence-electron chi connectivity index (χ3n) is 5.29. The summed E-state index contributed by atoms with van der Waals surface area (Å²) in [7, 11) is 0. The number of fused-ring (bicyclic) bond motifs is 1. The highest BCUT2D eigenvalue weighted by Crippen LogP contribution is 2.33. The van der Waals surface area contributed by atoms with Crippen molar-refractivity contribution in [2.75, 3.05) is 13.1 Å². The second kappa shape index (κ2) is 7.99. The van der Waals surface area contributed by atoms with E-state index in [9.17, 15) is 15.2 Å². The second-order valence-electron chi connectivity index (χ2n) is 7.37. The smallest absolute Gasteiger partial charge is 0.270 e. The number of nitro groups is 1. The van der Waals surface area contributed by atoms with E-state index in [1.54, 1.807) is 6.07 Å². The normalized spacial score (nSPS) is 13.8. The van der Waals surface area contributed by atoms with Crippen LogP contribution in [0.3, 0.4) is 0 Å². The van der Waals surface area contributed by atoms with Gasteiger partial charge in [0, 0.05) is 40.7 Å². The van der Waals surface area contributed by atoms with Crippen molar-refractivity contribution in [3.8, 4) is 5.88 Å². The average molecular weight is 425 g/mol. The van der Waals surface area contributed by atoms with Crippen LogP contribution < -0.4 is 5.32 Å². The Morgan fingerprint density at radius 2 is 1.91 bits per heavy atom. The minimum atomic E-state index is -0.453. The van der Waals surface area contributed by atoms with Crippen molar-refractivity contribution in [1.29, 1.82) is 0 Å². The number of rotatable bonds is 5. The van der Waals surface area contributed by atoms with Crippen molar-refractivity contribution < 1.29 is 10.0 Å². The van der Waals surface area contributed by atoms with Crippen LogP contribution in [-0.4, -0.2) is 39.7 Å². The van der Waals surface area contributed by atoms with Crippen LogP contribution in [0, 0.1) is 10.1 Å². The van der Waals surface area contributed by atoms with Crippen LogP contribution in [0.4, 0.5) is 11.4 Å². The molecule has 0 radical (unpaired) electrons. The van der Waals surface area contributed by atoms with Gasteiger partial charge in [0.2, 0.25) is 0 Å². The molecule has 1 aliphatic heterocycles. The maximum Gasteiger partial charge on any atom is 0.270 e. The number of hydrogen-bond acceptors (Lipinski definition) is 6. The molecule has 0 atom stereocenters. The fraction of sp³-hybridized carbons (Fsp3) is 0.0833. The predicted octanol–water partition coefficient (Wildman–Crippen LogP) is 4.30. The number of aromatic hydroxyl groups is 1. The molecule has 1 aromatic heterocycles. The summed E-state index contributed by atoms with van der Waals surface area (Å²) in [6.07, 6.45) is 0. The first-order valence-electron chi connectivity index (χ1n) is 10.1. The van der Waals surface area contributed by atoms with E-state index in [1.165, 1.54) is 12.1 Å². The average Bonchev–Trinajstić information content (AvgIpc) is 3.45. The molecule has 0 fully saturated rings. The van der Waals surface area contributed by atoms with Crippen molar-refractivity contribution in [2.45, 2.75) is 0 Å². The molecule has 158 valence electrons. The fourth-order valence-electron chi connectivity index (χ4n) is 3.82. The molecular weight excluding hydrogens is 406 g/mol. The summed E-state index contributed by atoms with van der Waals surface area (Å²) < 4.78 is 0. The van der Waals surface area contributed by atoms with E-state index in [-0.39, 0.29) is 11.6 Å². The Labute approximate surface area is 183 Å². The highest BCUT2D eigenvalue weighted by molar-refractivity contribution is 6.22. The lowest BCUT2D eigenvalue weighted by Gasteiger charge is -2.09. The first-order valence-corrected chi connectivity index (χ1v) is 10.1. The van der Waals surface area contributed by atoms with Crippen LogP contribution in [0.5, 0.6) is 5.88 Å². The minimum absolute atomic E-state index is 0.0579. The van der Waals surface area contributed by atoms with Crippen LogP contribution in [0.2, 0.25) is 0 Å². The lowest BCUT2D eigenvalue weighted by molar-refractivity contribution is -0.384. The molecule has 0 unspecified atom stereocenters. The van der Waals surface area contributed by atoms with Crippen molar-refractivity contribution in [2.24, 2.45) is 9.98 Å². The molecule has 2 heterocycles. The van der Waals surface area contributed by atoms with Gasteiger partial charge in [0.15, 0.2) is 5.88 Å². The molecule has 3 N–H and O–H groups in total. The summed E-state index contributed by atoms with van der Waals surface area (Å²) in [5.41, 5.74) is 3.83. The number of aromatic amines is 1. The van der Waals surface area contributed by atoms with E-state index < -0.39 is 4.92 Å². The second-order valence-corrected chi connectivity index (χ2v) is 7.37. The van der Waals surface area contributed by atoms with Gasteiger partial charge in [0.05, 0.1) is 28.4 Å². The number of amidine groups is 1. The highest BCUT2D eigenvalue weighted by Gasteiger charge is 2.21. The zero-order chi connectivity index (χ0) is 22.1. The molecule has 0 amide bonds. The van der Waals surface area contributed by atoms with Gasteiger partial charge in [0.1, 0.15) is 5.84 Å². The zero-order valence-electron chi connectivity index (χ0n) is 16.9. The number of nitrogens with one attached hydrogen (secondary N) is 2. The molecule has 0 aliphatic carbocycles. The number of aromatic nitrogens is 1. The largest absolute Gasteiger partial charge is 0.494 e. The maximum atomic E-state index is 11.3. The number of nitrogens with zero attached hydrogens (tertiary/aromatic N) is 3. The maximum absolute atomic E-state index is 11.3. The van der Waals surface area contributed by atoms with Gasteiger partial charge in [-0.25, -0.2) is 4.99 Å². The Morgan fingerprint density at radius 1 is 1.06 bits per heavy atom. The van der Waals surface area contributed by atoms with Crippen LogP contribution in [-0.2, 0) is 0 Å². The predicted molar refractivity (Wildman–Crippen MR) is 124 cm³/mol. The van der Waals surface area contributed by atoms with Gasteiger partial charge in [-0.3, -0.25) is 15.1 Å². The molecule has 0 saturated carbocycles. The molecule has 8 heteroatoms. The van der Waals surface area contributed by atoms with E-state index >= 15 is 0 Å². The zero-order valence-corrected chi connectivity index (χ0v) is 16.9. The first kappa shape index (κ1) is 19.5. The third kappa shape index (κ3) is 3.58. The van der Waals surface area contributed by atoms with E-state index in [4.69, 9.17) is 4.99 Å². The quantitative estimate of drug-likeness (QED) is 0.251. The number of hydrogen-bond donors (Lipinski definition) is 3. The molecule has 32 heavy (non-hydrogen) atoms. The molecule has 5 rings (SSSR count). The number of non-ortho nitro benzene ring substituents is 1. The Kier molecular flexibility index (Phi) is 4.87. The number of benzene rings is 3. The molecule has 0 spiro atoms. The van der Waals surface area contributed by atoms with Crippen LogP contribution in [0.25, 0.3) is 10.9 Å². The van der Waals surface area contributed by atoms with Crippen molar-refractivity contribution >= 4 is 33.8 Å². The molecular formula is C24H19N5O3. The van der Waals surface area contributed by atoms with E-state index in [2.05, 4.69) is 15.3 Å². The van der Waals surface area contributed by atoms with Gasteiger partial charge < -0.3 is 15.4 Å². The summed E-state index contributed by atoms with van der Waals surface area (Å²) in [4.78, 5) is 23.1. The summed E-state index contributed by atoms with van der Waals surface area (Å²) >= 11 is 0. The monoisotopic (exact) mass is 425 g/mol. The lowest BCUT2D eigenvalue weighted by atomic mass is 10.0. The summed E-state index contributed by atoms with van der Waals surface area (Å²) in [5.74, 6) is 0.731. The van der Waals surface area contributed by atoms with Gasteiger partial charge >= 0.3 is 0 Å². The Morgan fingerprint density at radius 3 is 2.66 bits per heavy atom. The standard InChI is InChI=1S/C24H19N5O3/c30-24-21(19-14-18(29(31)32)9-10-20(19)28-24)22(15-5-2-1-3-6-15)27-17-8-4-7-16(13-17)23-25-11-12-26-23/h1-10,13-14,28,30H,11-12H2,(H,25,26). The number of H-pyrrole nitrogens is 1. The first-order chi connectivity index (χ1) is 15.6. The van der Waals surface area contributed by atoms with Gasteiger partial charge in [-0.2, -0.15) is 0 Å². The third-order valence-corrected chi connectivity index (χ3v) is 5.29. The van der Waals surface area contributed by atoms with Crippen molar-refractivity contribution in [3.05, 3.63) is 99.6 Å². The highest BCUT2D eigenvalue weighted by atomic mass is 16.6. The molecule has 8 nitrogen and oxygen atoms in total. The fourth-order valence-corrected chi connectivity index (χ4v) is 3.82. The minimum Gasteiger partial charge on any atom is -0.494 e. The molecule has 1 aliphatic rings. The van der Waals surface area contributed by atoms with E-state index in [0.29, 0.717) is 27.9 Å². The number of aliphatic imine (C=N–C) groups is 2. The van der Waals surface area contributed by atoms with Crippen LogP contribution >= 0.6 is 0 Å². The van der Waals surface area contributed by atoms with E-state index in [1.807, 2.05) is 54.6 Å². The number of nitro benzene ring substituents is 1.